The van der Waals surface area contributed by atoms with Gasteiger partial charge in [-0.25, -0.2) is 0 Å². The molecule has 0 bridgehead atoms. The molecule has 2 aromatic rings. The third kappa shape index (κ3) is 6.11. The molecular weight excluding hydrogens is 402 g/mol. The van der Waals surface area contributed by atoms with Crippen LogP contribution in [-0.2, 0) is 11.2 Å². The summed E-state index contributed by atoms with van der Waals surface area (Å²) in [5.74, 6) is 1.50. The second-order valence-electron chi connectivity index (χ2n) is 9.15. The lowest BCUT2D eigenvalue weighted by molar-refractivity contribution is -0.122. The van der Waals surface area contributed by atoms with Gasteiger partial charge in [0.05, 0.1) is 11.6 Å². The summed E-state index contributed by atoms with van der Waals surface area (Å²) in [5, 5.41) is 14.5. The van der Waals surface area contributed by atoms with Gasteiger partial charge in [-0.2, -0.15) is 5.26 Å². The number of amides is 1. The summed E-state index contributed by atoms with van der Waals surface area (Å²) >= 11 is 1.73. The average molecular weight is 436 g/mol. The van der Waals surface area contributed by atoms with Crippen molar-refractivity contribution in [2.45, 2.75) is 63.8 Å². The van der Waals surface area contributed by atoms with Gasteiger partial charge in [-0.3, -0.25) is 4.79 Å². The summed E-state index contributed by atoms with van der Waals surface area (Å²) in [6.07, 6.45) is 10.0. The minimum atomic E-state index is 0.216. The first kappa shape index (κ1) is 21.9. The summed E-state index contributed by atoms with van der Waals surface area (Å²) in [6.45, 7) is 2.18. The van der Waals surface area contributed by atoms with Gasteiger partial charge in [-0.15, -0.1) is 11.3 Å². The van der Waals surface area contributed by atoms with Gasteiger partial charge in [-0.1, -0.05) is 18.9 Å². The number of anilines is 1. The van der Waals surface area contributed by atoms with Crippen molar-refractivity contribution in [3.05, 3.63) is 52.2 Å². The largest absolute Gasteiger partial charge is 0.371 e. The van der Waals surface area contributed by atoms with E-state index in [1.165, 1.54) is 49.1 Å². The molecule has 2 fully saturated rings. The standard InChI is InChI=1S/C26H33N3OS/c27-18-20-9-11-23(12-10-20)29-15-3-5-21(19-29)17-22-6-1-2-8-25(22)28-26(30)14-13-24-7-4-16-31-24/h4,7,9-12,16,21-22,25H,1-3,5-6,8,13-15,17,19H2,(H,28,30)/t21-,22+,25-/m1/s1. The van der Waals surface area contributed by atoms with E-state index in [9.17, 15) is 4.79 Å². The van der Waals surface area contributed by atoms with Crippen molar-refractivity contribution in [2.24, 2.45) is 11.8 Å². The van der Waals surface area contributed by atoms with Crippen molar-refractivity contribution < 1.29 is 4.79 Å². The Bertz CT molecular complexity index is 871. The molecule has 31 heavy (non-hydrogen) atoms. The lowest BCUT2D eigenvalue weighted by Gasteiger charge is -2.39. The molecule has 2 heterocycles. The Morgan fingerprint density at radius 2 is 1.97 bits per heavy atom. The van der Waals surface area contributed by atoms with Crippen LogP contribution in [0.5, 0.6) is 0 Å². The Hall–Kier alpha value is -2.32. The van der Waals surface area contributed by atoms with Crippen LogP contribution >= 0.6 is 11.3 Å². The molecule has 4 rings (SSSR count). The number of piperidine rings is 1. The Morgan fingerprint density at radius 1 is 1.13 bits per heavy atom. The van der Waals surface area contributed by atoms with E-state index in [1.807, 2.05) is 12.1 Å². The first-order chi connectivity index (χ1) is 15.2. The number of carbonyl (C=O) groups excluding carboxylic acids is 1. The highest BCUT2D eigenvalue weighted by Crippen LogP contribution is 2.34. The smallest absolute Gasteiger partial charge is 0.220 e. The molecule has 1 saturated heterocycles. The number of benzene rings is 1. The molecule has 1 aromatic carbocycles. The van der Waals surface area contributed by atoms with Gasteiger partial charge in [-0.05, 0) is 86.1 Å². The van der Waals surface area contributed by atoms with Crippen LogP contribution < -0.4 is 10.2 Å². The summed E-state index contributed by atoms with van der Waals surface area (Å²) in [5.41, 5.74) is 1.95. The van der Waals surface area contributed by atoms with Crippen molar-refractivity contribution in [3.8, 4) is 6.07 Å². The highest BCUT2D eigenvalue weighted by Gasteiger charge is 2.30. The molecule has 0 unspecified atom stereocenters. The van der Waals surface area contributed by atoms with Crippen molar-refractivity contribution in [1.29, 1.82) is 5.26 Å². The Labute approximate surface area is 190 Å². The minimum Gasteiger partial charge on any atom is -0.371 e. The zero-order valence-corrected chi connectivity index (χ0v) is 19.1. The Balaban J connectivity index is 1.30. The van der Waals surface area contributed by atoms with Crippen molar-refractivity contribution in [1.82, 2.24) is 5.32 Å². The number of thiophene rings is 1. The topological polar surface area (TPSA) is 56.1 Å². The Kier molecular flexibility index (Phi) is 7.64. The van der Waals surface area contributed by atoms with Crippen LogP contribution in [0.3, 0.4) is 0 Å². The SMILES string of the molecule is N#Cc1ccc(N2CCC[C@H](C[C@@H]3CCCC[C@H]3NC(=O)CCc3cccs3)C2)cc1. The summed E-state index contributed by atoms with van der Waals surface area (Å²) in [6, 6.07) is 14.7. The molecule has 1 N–H and O–H groups in total. The van der Waals surface area contributed by atoms with E-state index in [4.69, 9.17) is 5.26 Å². The van der Waals surface area contributed by atoms with Gasteiger partial charge >= 0.3 is 0 Å². The number of hydrogen-bond donors (Lipinski definition) is 1. The summed E-state index contributed by atoms with van der Waals surface area (Å²) in [7, 11) is 0. The highest BCUT2D eigenvalue weighted by atomic mass is 32.1. The number of hydrogen-bond acceptors (Lipinski definition) is 4. The molecular formula is C26H33N3OS. The second kappa shape index (κ2) is 10.8. The fraction of sp³-hybridized carbons (Fsp3) is 0.538. The minimum absolute atomic E-state index is 0.216. The number of nitrogens with one attached hydrogen (secondary N) is 1. The molecule has 164 valence electrons. The van der Waals surface area contributed by atoms with E-state index in [0.717, 1.165) is 31.5 Å². The second-order valence-corrected chi connectivity index (χ2v) is 10.2. The van der Waals surface area contributed by atoms with E-state index in [1.54, 1.807) is 11.3 Å². The van der Waals surface area contributed by atoms with Gasteiger partial charge in [0.2, 0.25) is 5.91 Å². The normalized spacial score (nSPS) is 23.8. The summed E-state index contributed by atoms with van der Waals surface area (Å²) < 4.78 is 0. The van der Waals surface area contributed by atoms with Gasteiger partial charge in [0.25, 0.3) is 0 Å². The molecule has 0 radical (unpaired) electrons. The first-order valence-electron chi connectivity index (χ1n) is 11.8. The molecule has 0 spiro atoms. The predicted octanol–water partition coefficient (Wildman–Crippen LogP) is 5.53. The van der Waals surface area contributed by atoms with Crippen LogP contribution in [0.15, 0.2) is 41.8 Å². The third-order valence-electron chi connectivity index (χ3n) is 6.95. The van der Waals surface area contributed by atoms with Crippen molar-refractivity contribution in [2.75, 3.05) is 18.0 Å². The summed E-state index contributed by atoms with van der Waals surface area (Å²) in [4.78, 5) is 16.4. The number of carbonyl (C=O) groups is 1. The van der Waals surface area contributed by atoms with E-state index >= 15 is 0 Å². The highest BCUT2D eigenvalue weighted by molar-refractivity contribution is 7.09. The van der Waals surface area contributed by atoms with Crippen LogP contribution in [0.4, 0.5) is 5.69 Å². The number of nitriles is 1. The van der Waals surface area contributed by atoms with E-state index in [-0.39, 0.29) is 5.91 Å². The maximum Gasteiger partial charge on any atom is 0.220 e. The monoisotopic (exact) mass is 435 g/mol. The average Bonchev–Trinajstić information content (AvgIpc) is 3.33. The zero-order chi connectivity index (χ0) is 21.5. The fourth-order valence-corrected chi connectivity index (χ4v) is 6.03. The Morgan fingerprint density at radius 3 is 2.74 bits per heavy atom. The maximum atomic E-state index is 12.6. The predicted molar refractivity (Wildman–Crippen MR) is 127 cm³/mol. The lowest BCUT2D eigenvalue weighted by atomic mass is 9.77. The number of rotatable bonds is 7. The van der Waals surface area contributed by atoms with Gasteiger partial charge in [0.15, 0.2) is 0 Å². The van der Waals surface area contributed by atoms with Crippen LogP contribution in [0.2, 0.25) is 0 Å². The molecule has 1 aliphatic heterocycles. The first-order valence-corrected chi connectivity index (χ1v) is 12.7. The lowest BCUT2D eigenvalue weighted by Crippen LogP contribution is -2.44. The number of aryl methyl sites for hydroxylation is 1. The van der Waals surface area contributed by atoms with E-state index in [0.29, 0.717) is 24.3 Å². The van der Waals surface area contributed by atoms with E-state index in [2.05, 4.69) is 45.9 Å². The van der Waals surface area contributed by atoms with Crippen LogP contribution in [0.25, 0.3) is 0 Å². The molecule has 2 aliphatic rings. The van der Waals surface area contributed by atoms with Crippen molar-refractivity contribution in [3.63, 3.8) is 0 Å². The van der Waals surface area contributed by atoms with Gasteiger partial charge in [0.1, 0.15) is 0 Å². The van der Waals surface area contributed by atoms with Gasteiger partial charge in [0, 0.05) is 36.1 Å². The molecule has 1 aliphatic carbocycles. The number of nitrogens with zero attached hydrogens (tertiary/aromatic N) is 2. The molecule has 1 saturated carbocycles. The van der Waals surface area contributed by atoms with Gasteiger partial charge < -0.3 is 10.2 Å². The van der Waals surface area contributed by atoms with E-state index < -0.39 is 0 Å². The molecule has 1 aromatic heterocycles. The maximum absolute atomic E-state index is 12.6. The van der Waals surface area contributed by atoms with Crippen LogP contribution in [-0.4, -0.2) is 25.0 Å². The molecule has 4 nitrogen and oxygen atoms in total. The molecule has 5 heteroatoms. The quantitative estimate of drug-likeness (QED) is 0.622. The van der Waals surface area contributed by atoms with Crippen LogP contribution in [0, 0.1) is 23.2 Å². The fourth-order valence-electron chi connectivity index (χ4n) is 5.32. The molecule has 3 atom stereocenters. The third-order valence-corrected chi connectivity index (χ3v) is 7.89. The zero-order valence-electron chi connectivity index (χ0n) is 18.3. The van der Waals surface area contributed by atoms with Crippen molar-refractivity contribution >= 4 is 22.9 Å². The molecule has 1 amide bonds. The van der Waals surface area contributed by atoms with Crippen LogP contribution in [0.1, 0.15) is 61.8 Å².